The Morgan fingerprint density at radius 1 is 0.973 bits per heavy atom. The Balaban J connectivity index is 1.30. The smallest absolute Gasteiger partial charge is 0.158 e. The molecule has 0 spiro atoms. The van der Waals surface area contributed by atoms with Gasteiger partial charge in [0.15, 0.2) is 6.29 Å². The highest BCUT2D eigenvalue weighted by Crippen LogP contribution is 2.40. The van der Waals surface area contributed by atoms with Gasteiger partial charge in [-0.2, -0.15) is 11.8 Å². The second kappa shape index (κ2) is 13.8. The topological polar surface area (TPSA) is 40.2 Å². The molecule has 0 N–H and O–H groups in total. The van der Waals surface area contributed by atoms with Gasteiger partial charge in [-0.05, 0) is 48.4 Å². The highest BCUT2D eigenvalue weighted by atomic mass is 32.2. The number of hydrogen-bond donors (Lipinski definition) is 0. The van der Waals surface area contributed by atoms with Crippen molar-refractivity contribution in [2.45, 2.75) is 63.3 Å². The highest BCUT2D eigenvalue weighted by molar-refractivity contribution is 7.99. The van der Waals surface area contributed by atoms with Crippen LogP contribution in [-0.4, -0.2) is 67.8 Å². The van der Waals surface area contributed by atoms with Crippen LogP contribution in [0.5, 0.6) is 0 Å². The van der Waals surface area contributed by atoms with Crippen molar-refractivity contribution in [1.82, 2.24) is 4.90 Å². The lowest BCUT2D eigenvalue weighted by atomic mass is 9.95. The minimum Gasteiger partial charge on any atom is -0.505 e. The van der Waals surface area contributed by atoms with Gasteiger partial charge < -0.3 is 18.9 Å². The van der Waals surface area contributed by atoms with Crippen molar-refractivity contribution in [1.29, 1.82) is 0 Å². The molecule has 3 fully saturated rings. The maximum absolute atomic E-state index is 6.70. The van der Waals surface area contributed by atoms with Gasteiger partial charge in [0.05, 0.1) is 32.2 Å². The first-order chi connectivity index (χ1) is 18.3. The second-order valence-corrected chi connectivity index (χ2v) is 11.5. The molecule has 1 unspecified atom stereocenters. The Kier molecular flexibility index (Phi) is 9.99. The molecule has 0 aromatic heterocycles. The Hall–Kier alpha value is -1.83. The van der Waals surface area contributed by atoms with Gasteiger partial charge in [-0.15, -0.1) is 0 Å². The van der Waals surface area contributed by atoms with E-state index in [1.54, 1.807) is 13.4 Å². The molecule has 2 saturated heterocycles. The van der Waals surface area contributed by atoms with Crippen LogP contribution in [-0.2, 0) is 25.6 Å². The molecule has 37 heavy (non-hydrogen) atoms. The van der Waals surface area contributed by atoms with Crippen molar-refractivity contribution in [3.63, 3.8) is 0 Å². The summed E-state index contributed by atoms with van der Waals surface area (Å²) in [6, 6.07) is 19.6. The Bertz CT molecular complexity index is 957. The molecule has 200 valence electrons. The van der Waals surface area contributed by atoms with Crippen molar-refractivity contribution < 1.29 is 18.9 Å². The van der Waals surface area contributed by atoms with Crippen molar-refractivity contribution in [2.24, 2.45) is 5.92 Å². The summed E-state index contributed by atoms with van der Waals surface area (Å²) in [6.45, 7) is 3.64. The molecule has 0 bridgehead atoms. The van der Waals surface area contributed by atoms with E-state index in [1.807, 2.05) is 0 Å². The number of rotatable bonds is 10. The fraction of sp³-hybridized carbons (Fsp3) is 0.548. The molecule has 5 nitrogen and oxygen atoms in total. The van der Waals surface area contributed by atoms with Gasteiger partial charge in [-0.1, -0.05) is 54.6 Å². The van der Waals surface area contributed by atoms with Gasteiger partial charge in [-0.3, -0.25) is 4.90 Å². The summed E-state index contributed by atoms with van der Waals surface area (Å²) >= 11 is 2.05. The Labute approximate surface area is 226 Å². The summed E-state index contributed by atoms with van der Waals surface area (Å²) in [7, 11) is 1.71. The molecule has 2 aliphatic heterocycles. The average molecular weight is 524 g/mol. The molecule has 0 radical (unpaired) electrons. The van der Waals surface area contributed by atoms with Crippen LogP contribution in [0.4, 0.5) is 0 Å². The summed E-state index contributed by atoms with van der Waals surface area (Å²) < 4.78 is 24.6. The molecule has 1 aliphatic carbocycles. The molecule has 5 atom stereocenters. The van der Waals surface area contributed by atoms with Crippen LogP contribution in [0.2, 0.25) is 0 Å². The van der Waals surface area contributed by atoms with Crippen molar-refractivity contribution in [3.05, 3.63) is 72.5 Å². The predicted molar refractivity (Wildman–Crippen MR) is 150 cm³/mol. The SMILES string of the molecule is COC=CC[C@@H]1[C@@H](N2CCSCC2)[C@H](OC2CCCCO2)C[C@@H]1OCc1ccc(-c2ccccc2)cc1. The highest BCUT2D eigenvalue weighted by Gasteiger charge is 2.48. The standard InChI is InChI=1S/C31H41NO4S/c1-33-18-7-10-27-28(35-23-24-12-14-26(15-13-24)25-8-3-2-4-9-25)22-29(36-30-11-5-6-19-34-30)31(27)32-16-20-37-21-17-32/h2-4,7-9,12-15,18,27-31H,5-6,10-11,16-17,19-23H2,1H3/t27-,28-,29+,30?,31+/m0/s1. The Morgan fingerprint density at radius 3 is 2.49 bits per heavy atom. The van der Waals surface area contributed by atoms with E-state index in [4.69, 9.17) is 18.9 Å². The lowest BCUT2D eigenvalue weighted by Crippen LogP contribution is -2.50. The number of benzene rings is 2. The minimum absolute atomic E-state index is 0.0835. The first-order valence-electron chi connectivity index (χ1n) is 13.8. The number of methoxy groups -OCH3 is 1. The van der Waals surface area contributed by atoms with Crippen LogP contribution < -0.4 is 0 Å². The zero-order valence-corrected chi connectivity index (χ0v) is 22.8. The number of allylic oxidation sites excluding steroid dienone is 1. The van der Waals surface area contributed by atoms with Crippen LogP contribution in [0.1, 0.15) is 37.7 Å². The number of thioether (sulfide) groups is 1. The average Bonchev–Trinajstić information content (AvgIpc) is 3.30. The molecular formula is C31H41NO4S. The van der Waals surface area contributed by atoms with E-state index in [2.05, 4.69) is 77.3 Å². The lowest BCUT2D eigenvalue weighted by molar-refractivity contribution is -0.198. The van der Waals surface area contributed by atoms with Crippen LogP contribution >= 0.6 is 11.8 Å². The molecule has 3 aliphatic rings. The third-order valence-corrected chi connectivity index (χ3v) is 8.80. The van der Waals surface area contributed by atoms with Crippen molar-refractivity contribution in [3.8, 4) is 11.1 Å². The van der Waals surface area contributed by atoms with E-state index in [1.165, 1.54) is 34.6 Å². The van der Waals surface area contributed by atoms with E-state index in [-0.39, 0.29) is 18.5 Å². The molecule has 0 amide bonds. The van der Waals surface area contributed by atoms with Gasteiger partial charge in [0.1, 0.15) is 0 Å². The third kappa shape index (κ3) is 7.18. The predicted octanol–water partition coefficient (Wildman–Crippen LogP) is 6.14. The third-order valence-electron chi connectivity index (χ3n) is 7.86. The van der Waals surface area contributed by atoms with Crippen LogP contribution in [0.25, 0.3) is 11.1 Å². The summed E-state index contributed by atoms with van der Waals surface area (Å²) in [5.74, 6) is 2.72. The van der Waals surface area contributed by atoms with Crippen molar-refractivity contribution in [2.75, 3.05) is 38.3 Å². The fourth-order valence-electron chi connectivity index (χ4n) is 5.99. The molecule has 2 aromatic carbocycles. The van der Waals surface area contributed by atoms with E-state index >= 15 is 0 Å². The van der Waals surface area contributed by atoms with Gasteiger partial charge >= 0.3 is 0 Å². The Morgan fingerprint density at radius 2 is 1.76 bits per heavy atom. The largest absolute Gasteiger partial charge is 0.505 e. The maximum atomic E-state index is 6.70. The normalized spacial score (nSPS) is 29.1. The van der Waals surface area contributed by atoms with Crippen molar-refractivity contribution >= 4 is 11.8 Å². The molecule has 6 heteroatoms. The molecule has 2 heterocycles. The van der Waals surface area contributed by atoms with Crippen LogP contribution in [0.3, 0.4) is 0 Å². The van der Waals surface area contributed by atoms with Crippen LogP contribution in [0.15, 0.2) is 66.9 Å². The number of nitrogens with zero attached hydrogens (tertiary/aromatic N) is 1. The lowest BCUT2D eigenvalue weighted by Gasteiger charge is -2.39. The fourth-order valence-corrected chi connectivity index (χ4v) is 6.92. The maximum Gasteiger partial charge on any atom is 0.158 e. The number of hydrogen-bond acceptors (Lipinski definition) is 6. The first-order valence-corrected chi connectivity index (χ1v) is 15.0. The van der Waals surface area contributed by atoms with Gasteiger partial charge in [0, 0.05) is 49.6 Å². The molecule has 5 rings (SSSR count). The second-order valence-electron chi connectivity index (χ2n) is 10.3. The summed E-state index contributed by atoms with van der Waals surface area (Å²) in [4.78, 5) is 2.66. The van der Waals surface area contributed by atoms with E-state index in [0.29, 0.717) is 18.6 Å². The first kappa shape index (κ1) is 26.8. The monoisotopic (exact) mass is 523 g/mol. The number of ether oxygens (including phenoxy) is 4. The van der Waals surface area contributed by atoms with Gasteiger partial charge in [0.25, 0.3) is 0 Å². The molecule has 1 saturated carbocycles. The molecule has 2 aromatic rings. The zero-order valence-electron chi connectivity index (χ0n) is 22.0. The van der Waals surface area contributed by atoms with E-state index in [0.717, 1.165) is 45.4 Å². The van der Waals surface area contributed by atoms with Gasteiger partial charge in [0.2, 0.25) is 0 Å². The minimum atomic E-state index is -0.0835. The van der Waals surface area contributed by atoms with E-state index in [9.17, 15) is 0 Å². The van der Waals surface area contributed by atoms with Gasteiger partial charge in [-0.25, -0.2) is 0 Å². The summed E-state index contributed by atoms with van der Waals surface area (Å²) in [6.07, 6.45) is 9.26. The summed E-state index contributed by atoms with van der Waals surface area (Å²) in [5, 5.41) is 0. The zero-order chi connectivity index (χ0) is 25.3. The molecular weight excluding hydrogens is 482 g/mol. The van der Waals surface area contributed by atoms with Crippen LogP contribution in [0, 0.1) is 5.92 Å². The quantitative estimate of drug-likeness (QED) is 0.349. The van der Waals surface area contributed by atoms with E-state index < -0.39 is 0 Å². The summed E-state index contributed by atoms with van der Waals surface area (Å²) in [5.41, 5.74) is 3.68.